The molecular weight excluding hydrogens is 286 g/mol. The van der Waals surface area contributed by atoms with E-state index in [2.05, 4.69) is 9.71 Å². The topological polar surface area (TPSA) is 85.1 Å². The molecule has 6 heteroatoms. The van der Waals surface area contributed by atoms with Crippen molar-refractivity contribution in [2.24, 2.45) is 5.73 Å². The first kappa shape index (κ1) is 14.2. The number of hydrogen-bond acceptors (Lipinski definition) is 4. The predicted molar refractivity (Wildman–Crippen MR) is 80.1 cm³/mol. The third-order valence-electron chi connectivity index (χ3n) is 3.69. The molecule has 0 aliphatic heterocycles. The van der Waals surface area contributed by atoms with Crippen LogP contribution < -0.4 is 10.5 Å². The Balaban J connectivity index is 1.75. The predicted octanol–water partition coefficient (Wildman–Crippen LogP) is 0.986. The van der Waals surface area contributed by atoms with Gasteiger partial charge in [-0.05, 0) is 36.1 Å². The standard InChI is InChI=1S/C15H17N3O2S/c16-9-13-5-6-15(10-17-13)21(19,20)18-14-7-11-3-1-2-4-12(11)8-14/h1-6,10,14,18H,7-9,16H2. The van der Waals surface area contributed by atoms with Gasteiger partial charge in [-0.2, -0.15) is 0 Å². The first-order valence-corrected chi connectivity index (χ1v) is 8.31. The van der Waals surface area contributed by atoms with Gasteiger partial charge in [0.2, 0.25) is 10.0 Å². The monoisotopic (exact) mass is 303 g/mol. The number of sulfonamides is 1. The van der Waals surface area contributed by atoms with E-state index in [9.17, 15) is 8.42 Å². The van der Waals surface area contributed by atoms with Crippen molar-refractivity contribution in [2.45, 2.75) is 30.3 Å². The van der Waals surface area contributed by atoms with Crippen LogP contribution in [0.4, 0.5) is 0 Å². The zero-order valence-electron chi connectivity index (χ0n) is 11.5. The lowest BCUT2D eigenvalue weighted by atomic mass is 10.1. The average Bonchev–Trinajstić information content (AvgIpc) is 2.88. The second kappa shape index (κ2) is 5.55. The fourth-order valence-electron chi connectivity index (χ4n) is 2.62. The molecule has 1 aliphatic carbocycles. The van der Waals surface area contributed by atoms with Crippen LogP contribution in [0, 0.1) is 0 Å². The number of rotatable bonds is 4. The summed E-state index contributed by atoms with van der Waals surface area (Å²) < 4.78 is 27.5. The van der Waals surface area contributed by atoms with Crippen molar-refractivity contribution in [1.82, 2.24) is 9.71 Å². The minimum atomic E-state index is -3.54. The molecule has 0 saturated heterocycles. The van der Waals surface area contributed by atoms with E-state index in [1.807, 2.05) is 24.3 Å². The SMILES string of the molecule is NCc1ccc(S(=O)(=O)NC2Cc3ccccc3C2)cn1. The maximum Gasteiger partial charge on any atom is 0.242 e. The maximum absolute atomic E-state index is 12.4. The maximum atomic E-state index is 12.4. The summed E-state index contributed by atoms with van der Waals surface area (Å²) in [5, 5.41) is 0. The van der Waals surface area contributed by atoms with E-state index in [1.165, 1.54) is 17.3 Å². The van der Waals surface area contributed by atoms with Crippen LogP contribution >= 0.6 is 0 Å². The lowest BCUT2D eigenvalue weighted by Gasteiger charge is -2.12. The Bertz CT molecular complexity index is 717. The molecule has 0 amide bonds. The number of aromatic nitrogens is 1. The van der Waals surface area contributed by atoms with Gasteiger partial charge in [-0.3, -0.25) is 4.98 Å². The van der Waals surface area contributed by atoms with Gasteiger partial charge in [0.1, 0.15) is 4.90 Å². The van der Waals surface area contributed by atoms with E-state index in [1.54, 1.807) is 12.1 Å². The number of nitrogens with one attached hydrogen (secondary N) is 1. The minimum Gasteiger partial charge on any atom is -0.325 e. The van der Waals surface area contributed by atoms with E-state index in [-0.39, 0.29) is 10.9 Å². The van der Waals surface area contributed by atoms with Crippen LogP contribution in [0.3, 0.4) is 0 Å². The van der Waals surface area contributed by atoms with E-state index >= 15 is 0 Å². The molecule has 5 nitrogen and oxygen atoms in total. The highest BCUT2D eigenvalue weighted by atomic mass is 32.2. The Morgan fingerprint density at radius 1 is 1.14 bits per heavy atom. The van der Waals surface area contributed by atoms with Crippen LogP contribution in [0.1, 0.15) is 16.8 Å². The van der Waals surface area contributed by atoms with Crippen LogP contribution in [0.2, 0.25) is 0 Å². The Morgan fingerprint density at radius 2 is 1.81 bits per heavy atom. The molecule has 3 N–H and O–H groups in total. The summed E-state index contributed by atoms with van der Waals surface area (Å²) >= 11 is 0. The zero-order valence-corrected chi connectivity index (χ0v) is 12.3. The number of fused-ring (bicyclic) bond motifs is 1. The number of hydrogen-bond donors (Lipinski definition) is 2. The van der Waals surface area contributed by atoms with Crippen molar-refractivity contribution in [1.29, 1.82) is 0 Å². The number of benzene rings is 1. The fraction of sp³-hybridized carbons (Fsp3) is 0.267. The molecule has 0 fully saturated rings. The third kappa shape index (κ3) is 2.97. The molecule has 0 spiro atoms. The van der Waals surface area contributed by atoms with Gasteiger partial charge in [0.05, 0.1) is 5.69 Å². The molecule has 2 aromatic rings. The summed E-state index contributed by atoms with van der Waals surface area (Å²) in [6, 6.07) is 11.1. The van der Waals surface area contributed by atoms with Crippen molar-refractivity contribution in [3.63, 3.8) is 0 Å². The van der Waals surface area contributed by atoms with Gasteiger partial charge in [0, 0.05) is 18.8 Å². The molecule has 0 saturated carbocycles. The average molecular weight is 303 g/mol. The van der Waals surface area contributed by atoms with E-state index in [0.29, 0.717) is 12.2 Å². The lowest BCUT2D eigenvalue weighted by molar-refractivity contribution is 0.555. The van der Waals surface area contributed by atoms with Gasteiger partial charge in [-0.15, -0.1) is 0 Å². The molecule has 3 rings (SSSR count). The first-order chi connectivity index (χ1) is 10.1. The molecule has 1 heterocycles. The highest BCUT2D eigenvalue weighted by molar-refractivity contribution is 7.89. The molecule has 1 aromatic heterocycles. The smallest absolute Gasteiger partial charge is 0.242 e. The molecule has 1 aromatic carbocycles. The highest BCUT2D eigenvalue weighted by Gasteiger charge is 2.26. The molecule has 0 atom stereocenters. The summed E-state index contributed by atoms with van der Waals surface area (Å²) in [6.45, 7) is 0.297. The van der Waals surface area contributed by atoms with Crippen molar-refractivity contribution in [3.05, 3.63) is 59.4 Å². The molecule has 110 valence electrons. The van der Waals surface area contributed by atoms with Crippen LogP contribution in [-0.2, 0) is 29.4 Å². The zero-order chi connectivity index (χ0) is 14.9. The molecule has 0 radical (unpaired) electrons. The molecule has 0 bridgehead atoms. The number of nitrogens with zero attached hydrogens (tertiary/aromatic N) is 1. The van der Waals surface area contributed by atoms with Crippen molar-refractivity contribution < 1.29 is 8.42 Å². The summed E-state index contributed by atoms with van der Waals surface area (Å²) in [4.78, 5) is 4.21. The van der Waals surface area contributed by atoms with Gasteiger partial charge in [0.15, 0.2) is 0 Å². The van der Waals surface area contributed by atoms with Crippen LogP contribution in [0.15, 0.2) is 47.5 Å². The van der Waals surface area contributed by atoms with Gasteiger partial charge in [-0.25, -0.2) is 13.1 Å². The van der Waals surface area contributed by atoms with Gasteiger partial charge >= 0.3 is 0 Å². The lowest BCUT2D eigenvalue weighted by Crippen LogP contribution is -2.35. The van der Waals surface area contributed by atoms with E-state index in [0.717, 1.165) is 12.8 Å². The van der Waals surface area contributed by atoms with Crippen LogP contribution in [0.5, 0.6) is 0 Å². The largest absolute Gasteiger partial charge is 0.325 e. The van der Waals surface area contributed by atoms with Gasteiger partial charge in [0.25, 0.3) is 0 Å². The highest BCUT2D eigenvalue weighted by Crippen LogP contribution is 2.23. The molecule has 21 heavy (non-hydrogen) atoms. The number of nitrogens with two attached hydrogens (primary N) is 1. The second-order valence-electron chi connectivity index (χ2n) is 5.18. The Hall–Kier alpha value is -1.76. The molecule has 0 unspecified atom stereocenters. The summed E-state index contributed by atoms with van der Waals surface area (Å²) in [5.41, 5.74) is 8.55. The van der Waals surface area contributed by atoms with Crippen molar-refractivity contribution >= 4 is 10.0 Å². The van der Waals surface area contributed by atoms with Crippen LogP contribution in [-0.4, -0.2) is 19.4 Å². The number of pyridine rings is 1. The molecular formula is C15H17N3O2S. The summed E-state index contributed by atoms with van der Waals surface area (Å²) in [6.07, 6.45) is 2.81. The Morgan fingerprint density at radius 3 is 2.33 bits per heavy atom. The van der Waals surface area contributed by atoms with Crippen molar-refractivity contribution in [2.75, 3.05) is 0 Å². The van der Waals surface area contributed by atoms with Gasteiger partial charge in [-0.1, -0.05) is 24.3 Å². The normalized spacial score (nSPS) is 15.1. The van der Waals surface area contributed by atoms with Crippen molar-refractivity contribution in [3.8, 4) is 0 Å². The van der Waals surface area contributed by atoms with E-state index in [4.69, 9.17) is 5.73 Å². The summed E-state index contributed by atoms with van der Waals surface area (Å²) in [5.74, 6) is 0. The van der Waals surface area contributed by atoms with Gasteiger partial charge < -0.3 is 5.73 Å². The minimum absolute atomic E-state index is 0.0958. The van der Waals surface area contributed by atoms with Crippen LogP contribution in [0.25, 0.3) is 0 Å². The fourth-order valence-corrected chi connectivity index (χ4v) is 3.80. The Kier molecular flexibility index (Phi) is 3.75. The second-order valence-corrected chi connectivity index (χ2v) is 6.90. The van der Waals surface area contributed by atoms with E-state index < -0.39 is 10.0 Å². The quantitative estimate of drug-likeness (QED) is 0.882. The molecule has 1 aliphatic rings. The summed E-state index contributed by atoms with van der Waals surface area (Å²) in [7, 11) is -3.54. The third-order valence-corrected chi connectivity index (χ3v) is 5.20. The Labute approximate surface area is 124 Å². The first-order valence-electron chi connectivity index (χ1n) is 6.82.